The molecule has 0 amide bonds. The average Bonchev–Trinajstić information content (AvgIpc) is 2.29. The van der Waals surface area contributed by atoms with Crippen LogP contribution in [0.25, 0.3) is 0 Å². The van der Waals surface area contributed by atoms with Crippen LogP contribution in [0.1, 0.15) is 16.2 Å². The maximum absolute atomic E-state index is 10.8. The van der Waals surface area contributed by atoms with Crippen molar-refractivity contribution >= 4 is 5.97 Å². The Balaban J connectivity index is 2.56. The van der Waals surface area contributed by atoms with Gasteiger partial charge in [-0.2, -0.15) is 0 Å². The molecule has 0 bridgehead atoms. The van der Waals surface area contributed by atoms with Gasteiger partial charge in [0, 0.05) is 20.2 Å². The fourth-order valence-electron chi connectivity index (χ4n) is 1.63. The van der Waals surface area contributed by atoms with Crippen molar-refractivity contribution in [3.8, 4) is 0 Å². The molecule has 18 heavy (non-hydrogen) atoms. The highest BCUT2D eigenvalue weighted by Gasteiger charge is 2.10. The minimum Gasteiger partial charge on any atom is -0.477 e. The lowest BCUT2D eigenvalue weighted by molar-refractivity contribution is 0.0416. The van der Waals surface area contributed by atoms with Crippen LogP contribution in [0, 0.1) is 0 Å². The Labute approximate surface area is 106 Å². The molecule has 1 unspecified atom stereocenters. The standard InChI is InChI=1S/C12H18N2O4/c1-14(7-10(15)8-18-2)6-9-4-3-5-11(13-9)12(16)17/h3-5,10,15H,6-8H2,1-2H3,(H,16,17). The van der Waals surface area contributed by atoms with E-state index in [-0.39, 0.29) is 12.3 Å². The molecule has 0 saturated carbocycles. The molecule has 0 spiro atoms. The van der Waals surface area contributed by atoms with Crippen molar-refractivity contribution < 1.29 is 19.7 Å². The third-order valence-corrected chi connectivity index (χ3v) is 2.34. The second-order valence-electron chi connectivity index (χ2n) is 4.13. The highest BCUT2D eigenvalue weighted by molar-refractivity contribution is 5.85. The van der Waals surface area contributed by atoms with Crippen LogP contribution < -0.4 is 0 Å². The molecule has 1 aromatic rings. The Morgan fingerprint density at radius 3 is 2.89 bits per heavy atom. The molecule has 1 rings (SSSR count). The summed E-state index contributed by atoms with van der Waals surface area (Å²) in [6.45, 7) is 1.18. The maximum Gasteiger partial charge on any atom is 0.354 e. The molecule has 0 aliphatic rings. The van der Waals surface area contributed by atoms with Gasteiger partial charge in [0.2, 0.25) is 0 Å². The van der Waals surface area contributed by atoms with Crippen molar-refractivity contribution in [1.29, 1.82) is 0 Å². The predicted octanol–water partition coefficient (Wildman–Crippen LogP) is 0.219. The lowest BCUT2D eigenvalue weighted by Crippen LogP contribution is -2.31. The number of hydrogen-bond acceptors (Lipinski definition) is 5. The third kappa shape index (κ3) is 4.79. The molecule has 0 aliphatic carbocycles. The number of hydrogen-bond donors (Lipinski definition) is 2. The number of methoxy groups -OCH3 is 1. The summed E-state index contributed by atoms with van der Waals surface area (Å²) in [5, 5.41) is 18.4. The van der Waals surface area contributed by atoms with Crippen LogP contribution in [0.5, 0.6) is 0 Å². The first-order valence-electron chi connectivity index (χ1n) is 5.57. The van der Waals surface area contributed by atoms with Gasteiger partial charge in [0.25, 0.3) is 0 Å². The monoisotopic (exact) mass is 254 g/mol. The van der Waals surface area contributed by atoms with Crippen LogP contribution in [0.4, 0.5) is 0 Å². The van der Waals surface area contributed by atoms with Crippen molar-refractivity contribution in [3.63, 3.8) is 0 Å². The first-order valence-corrected chi connectivity index (χ1v) is 5.57. The quantitative estimate of drug-likeness (QED) is 0.724. The minimum absolute atomic E-state index is 0.0262. The van der Waals surface area contributed by atoms with Crippen molar-refractivity contribution in [1.82, 2.24) is 9.88 Å². The molecule has 1 aromatic heterocycles. The molecule has 0 saturated heterocycles. The first kappa shape index (κ1) is 14.6. The van der Waals surface area contributed by atoms with Crippen LogP contribution >= 0.6 is 0 Å². The number of aromatic nitrogens is 1. The molecular formula is C12H18N2O4. The number of ether oxygens (including phenoxy) is 1. The van der Waals surface area contributed by atoms with Gasteiger partial charge in [0.15, 0.2) is 0 Å². The summed E-state index contributed by atoms with van der Waals surface area (Å²) in [6.07, 6.45) is -0.567. The topological polar surface area (TPSA) is 82.9 Å². The molecule has 0 radical (unpaired) electrons. The Morgan fingerprint density at radius 2 is 2.28 bits per heavy atom. The summed E-state index contributed by atoms with van der Waals surface area (Å²) in [7, 11) is 3.36. The van der Waals surface area contributed by atoms with Gasteiger partial charge in [-0.15, -0.1) is 0 Å². The molecule has 6 nitrogen and oxygen atoms in total. The van der Waals surface area contributed by atoms with E-state index < -0.39 is 12.1 Å². The van der Waals surface area contributed by atoms with Gasteiger partial charge < -0.3 is 14.9 Å². The van der Waals surface area contributed by atoms with E-state index in [1.807, 2.05) is 11.9 Å². The van der Waals surface area contributed by atoms with Gasteiger partial charge in [-0.25, -0.2) is 9.78 Å². The SMILES string of the molecule is COCC(O)CN(C)Cc1cccc(C(=O)O)n1. The van der Waals surface area contributed by atoms with E-state index in [2.05, 4.69) is 4.98 Å². The summed E-state index contributed by atoms with van der Waals surface area (Å²) >= 11 is 0. The van der Waals surface area contributed by atoms with E-state index in [1.165, 1.54) is 13.2 Å². The molecule has 0 fully saturated rings. The number of carbonyl (C=O) groups is 1. The Kier molecular flexibility index (Phi) is 5.70. The lowest BCUT2D eigenvalue weighted by Gasteiger charge is -2.19. The van der Waals surface area contributed by atoms with Crippen molar-refractivity contribution in [2.45, 2.75) is 12.6 Å². The highest BCUT2D eigenvalue weighted by atomic mass is 16.5. The van der Waals surface area contributed by atoms with Crippen LogP contribution in [0.3, 0.4) is 0 Å². The Hall–Kier alpha value is -1.50. The van der Waals surface area contributed by atoms with E-state index in [1.54, 1.807) is 12.1 Å². The average molecular weight is 254 g/mol. The number of aliphatic hydroxyl groups is 1. The molecule has 6 heteroatoms. The van der Waals surface area contributed by atoms with E-state index in [0.29, 0.717) is 18.8 Å². The maximum atomic E-state index is 10.8. The van der Waals surface area contributed by atoms with Gasteiger partial charge in [0.1, 0.15) is 5.69 Å². The summed E-state index contributed by atoms with van der Waals surface area (Å²) in [5.74, 6) is -1.04. The Morgan fingerprint density at radius 1 is 1.56 bits per heavy atom. The Bertz CT molecular complexity index is 397. The number of carboxylic acid groups (broad SMARTS) is 1. The zero-order valence-electron chi connectivity index (χ0n) is 10.5. The van der Waals surface area contributed by atoms with Gasteiger partial charge in [-0.3, -0.25) is 4.90 Å². The first-order chi connectivity index (χ1) is 8.52. The van der Waals surface area contributed by atoms with Crippen LogP contribution in [-0.4, -0.2) is 59.5 Å². The summed E-state index contributed by atoms with van der Waals surface area (Å²) in [5.41, 5.74) is 0.681. The number of pyridine rings is 1. The molecule has 0 aromatic carbocycles. The molecule has 1 atom stereocenters. The van der Waals surface area contributed by atoms with E-state index in [4.69, 9.17) is 9.84 Å². The summed E-state index contributed by atoms with van der Waals surface area (Å²) < 4.78 is 4.84. The van der Waals surface area contributed by atoms with Crippen LogP contribution in [0.2, 0.25) is 0 Å². The predicted molar refractivity (Wildman–Crippen MR) is 65.4 cm³/mol. The number of nitrogens with zero attached hydrogens (tertiary/aromatic N) is 2. The number of carboxylic acids is 1. The van der Waals surface area contributed by atoms with E-state index >= 15 is 0 Å². The smallest absolute Gasteiger partial charge is 0.354 e. The number of rotatable bonds is 7. The number of aliphatic hydroxyl groups excluding tert-OH is 1. The molecule has 0 aliphatic heterocycles. The second-order valence-corrected chi connectivity index (χ2v) is 4.13. The number of likely N-dealkylation sites (N-methyl/N-ethyl adjacent to an activating group) is 1. The van der Waals surface area contributed by atoms with Crippen molar-refractivity contribution in [2.24, 2.45) is 0 Å². The van der Waals surface area contributed by atoms with Gasteiger partial charge in [-0.1, -0.05) is 6.07 Å². The summed E-state index contributed by atoms with van der Waals surface area (Å²) in [6, 6.07) is 4.86. The van der Waals surface area contributed by atoms with Gasteiger partial charge in [0.05, 0.1) is 18.4 Å². The van der Waals surface area contributed by atoms with Gasteiger partial charge >= 0.3 is 5.97 Å². The third-order valence-electron chi connectivity index (χ3n) is 2.34. The van der Waals surface area contributed by atoms with E-state index in [9.17, 15) is 9.90 Å². The minimum atomic E-state index is -1.04. The fraction of sp³-hybridized carbons (Fsp3) is 0.500. The molecule has 2 N–H and O–H groups in total. The largest absolute Gasteiger partial charge is 0.477 e. The second kappa shape index (κ2) is 7.05. The normalized spacial score (nSPS) is 12.7. The van der Waals surface area contributed by atoms with E-state index in [0.717, 1.165) is 0 Å². The fourth-order valence-corrected chi connectivity index (χ4v) is 1.63. The zero-order valence-corrected chi connectivity index (χ0v) is 10.5. The molecule has 100 valence electrons. The van der Waals surface area contributed by atoms with Crippen LogP contribution in [0.15, 0.2) is 18.2 Å². The lowest BCUT2D eigenvalue weighted by atomic mass is 10.2. The number of aromatic carboxylic acids is 1. The zero-order chi connectivity index (χ0) is 13.5. The van der Waals surface area contributed by atoms with Crippen LogP contribution in [-0.2, 0) is 11.3 Å². The van der Waals surface area contributed by atoms with Crippen molar-refractivity contribution in [2.75, 3.05) is 27.3 Å². The molecule has 1 heterocycles. The summed E-state index contributed by atoms with van der Waals surface area (Å²) in [4.78, 5) is 16.6. The highest BCUT2D eigenvalue weighted by Crippen LogP contribution is 2.03. The van der Waals surface area contributed by atoms with Crippen molar-refractivity contribution in [3.05, 3.63) is 29.6 Å². The molecular weight excluding hydrogens is 236 g/mol. The van der Waals surface area contributed by atoms with Gasteiger partial charge in [-0.05, 0) is 19.2 Å².